The van der Waals surface area contributed by atoms with Crippen LogP contribution >= 0.6 is 243 Å². The first-order valence-electron chi connectivity index (χ1n) is 17.8. The normalized spacial score (nSPS) is 31.3. The Kier molecular flexibility index (Phi) is 33.1. The van der Waals surface area contributed by atoms with Gasteiger partial charge >= 0.3 is 5.97 Å². The zero-order valence-corrected chi connectivity index (χ0v) is 65.7. The molecule has 3 rings (SSSR count). The lowest BCUT2D eigenvalue weighted by Gasteiger charge is -2.64. The van der Waals surface area contributed by atoms with Crippen molar-refractivity contribution in [2.75, 3.05) is 6.61 Å². The van der Waals surface area contributed by atoms with E-state index >= 15 is 4.79 Å². The van der Waals surface area contributed by atoms with Gasteiger partial charge in [0.2, 0.25) is 0 Å². The first-order chi connectivity index (χ1) is 28.0. The third-order valence-electron chi connectivity index (χ3n) is 10.6. The third-order valence-corrected chi connectivity index (χ3v) is 151. The van der Waals surface area contributed by atoms with E-state index in [1.54, 1.807) is 0 Å². The third kappa shape index (κ3) is 17.5. The largest absolute Gasteiger partial charge is 0.462 e. The minimum absolute atomic E-state index is 0.0389. The Hall–Kier alpha value is 11.6. The van der Waals surface area contributed by atoms with Crippen LogP contribution in [0.5, 0.6) is 0 Å². The molecule has 0 spiro atoms. The lowest BCUT2D eigenvalue weighted by molar-refractivity contribution is -0.329. The smallest absolute Gasteiger partial charge is 0.302 e. The molecule has 356 valence electrons. The molecule has 38 heteroatoms. The molecule has 22 unspecified atom stereocenters. The van der Waals surface area contributed by atoms with E-state index in [-0.39, 0.29) is 24.4 Å². The van der Waals surface area contributed by atoms with Crippen LogP contribution in [0.2, 0.25) is 0 Å². The minimum Gasteiger partial charge on any atom is -0.462 e. The molecule has 0 amide bonds. The van der Waals surface area contributed by atoms with E-state index < -0.39 is 145 Å². The number of esters is 1. The SMILES string of the molecule is CC(=O)O[C@H](C1C[C@H](OP(P(P)P(P)P)P(P(P)P)P(P)P)C(C)=CC1(C)C)[C@@H]1[C@]2(O)CO[C@@H]2C[C@H](OP(P(P)P)P(P)P)[C@@]1(C)C(=O)[C@@H](C)OP(P(P)P)P(PP)P(P)P. The van der Waals surface area contributed by atoms with Gasteiger partial charge in [-0.25, -0.2) is 0 Å². The number of hydrogen-bond acceptors (Lipinski definition) is 8. The second-order valence-corrected chi connectivity index (χ2v) is 122. The summed E-state index contributed by atoms with van der Waals surface area (Å²) in [5, 5.41) is 13.2. The lowest BCUT2D eigenvalue weighted by Crippen LogP contribution is -2.77. The van der Waals surface area contributed by atoms with E-state index in [9.17, 15) is 9.90 Å². The molecule has 0 radical (unpaired) electrons. The molecule has 61 heavy (non-hydrogen) atoms. The van der Waals surface area contributed by atoms with Crippen molar-refractivity contribution in [2.45, 2.75) is 90.5 Å². The van der Waals surface area contributed by atoms with Crippen molar-refractivity contribution in [2.24, 2.45) is 22.7 Å². The van der Waals surface area contributed by atoms with Crippen LogP contribution in [0, 0.1) is 22.7 Å². The van der Waals surface area contributed by atoms with Crippen LogP contribution in [0.1, 0.15) is 54.4 Å². The molecule has 1 saturated heterocycles. The standard InChI is InChI=1S/C23H66O8P30/c1-11-9-21(4,5)14(7-15(11)30-51(59(47)55(39)40)61(57(43)44)58(45)46)18(28-13(3)24)19-22(6,20(25)12(2)29-50(54(37)38)60(48-32)56(41)42)16(8-17-23(19,26)10-27-17)31-49(52(33)34)53(35)36/h9,12,14-19,26,48H,7-8,10,32-47H2,1-6H3/t12-,14?,15+,16+,17-,18-,19+,22-,23+,50?,51?,59?,60?/m1/s1. The van der Waals surface area contributed by atoms with Gasteiger partial charge in [-0.05, 0) is 87.1 Å². The van der Waals surface area contributed by atoms with E-state index in [0.29, 0.717) is 20.8 Å². The molecular weight excluding hydrogens is 1330 g/mol. The van der Waals surface area contributed by atoms with Crippen molar-refractivity contribution in [1.82, 2.24) is 0 Å². The highest BCUT2D eigenvalue weighted by molar-refractivity contribution is 9.19. The van der Waals surface area contributed by atoms with E-state index in [0.717, 1.165) is 0 Å². The van der Waals surface area contributed by atoms with Gasteiger partial charge in [-0.3, -0.25) is 9.59 Å². The predicted molar refractivity (Wildman–Crippen MR) is 361 cm³/mol. The van der Waals surface area contributed by atoms with E-state index in [1.165, 1.54) is 12.5 Å². The number of fused-ring (bicyclic) bond motifs is 1. The molecule has 1 heterocycles. The average Bonchev–Trinajstić information content (AvgIpc) is 3.11. The van der Waals surface area contributed by atoms with Crippen molar-refractivity contribution in [3.8, 4) is 0 Å². The van der Waals surface area contributed by atoms with Crippen LogP contribution in [0.25, 0.3) is 0 Å². The summed E-state index contributed by atoms with van der Waals surface area (Å²) >= 11 is 0. The fourth-order valence-corrected chi connectivity index (χ4v) is 203. The zero-order chi connectivity index (χ0) is 46.9. The number of Topliss-reactive ketones (excluding diaryl/α,β-unsaturated/α-hetero) is 1. The molecule has 8 nitrogen and oxygen atoms in total. The van der Waals surface area contributed by atoms with Gasteiger partial charge in [0.1, 0.15) is 17.8 Å². The number of carbonyl (C=O) groups is 2. The lowest BCUT2D eigenvalue weighted by atomic mass is 9.49. The fourth-order valence-electron chi connectivity index (χ4n) is 7.99. The van der Waals surface area contributed by atoms with Crippen LogP contribution in [0.15, 0.2) is 11.6 Å². The Labute approximate surface area is 420 Å². The number of hydrogen-bond donors (Lipinski definition) is 1. The molecule has 30 atom stereocenters. The highest BCUT2D eigenvalue weighted by Crippen LogP contribution is 3.18. The summed E-state index contributed by atoms with van der Waals surface area (Å²) in [6, 6.07) is 0. The molecule has 2 fully saturated rings. The summed E-state index contributed by atoms with van der Waals surface area (Å²) in [5.41, 5.74) is -2.10. The molecule has 0 bridgehead atoms. The molecule has 0 aromatic heterocycles. The predicted octanol–water partition coefficient (Wildman–Crippen LogP) is 19.2. The minimum atomic E-state index is -1.46. The summed E-state index contributed by atoms with van der Waals surface area (Å²) in [6.07, 6.45) is 0.114. The summed E-state index contributed by atoms with van der Waals surface area (Å²) < 4.78 is 34.8. The van der Waals surface area contributed by atoms with E-state index in [2.05, 4.69) is 170 Å². The highest BCUT2D eigenvalue weighted by Gasteiger charge is 2.72. The Morgan fingerprint density at radius 1 is 0.803 bits per heavy atom. The zero-order valence-electron chi connectivity index (χ0n) is 34.6. The van der Waals surface area contributed by atoms with Crippen LogP contribution in [-0.2, 0) is 32.6 Å². The fraction of sp³-hybridized carbons (Fsp3) is 0.826. The first-order valence-corrected chi connectivity index (χ1v) is 70.0. The number of carbonyl (C=O) groups excluding carboxylic acids is 2. The molecule has 0 aromatic carbocycles. The van der Waals surface area contributed by atoms with Crippen LogP contribution in [0.4, 0.5) is 0 Å². The maximum atomic E-state index is 15.9. The van der Waals surface area contributed by atoms with Gasteiger partial charge in [0, 0.05) is 46.1 Å². The van der Waals surface area contributed by atoms with E-state index in [1.807, 2.05) is 13.8 Å². The van der Waals surface area contributed by atoms with Gasteiger partial charge in [-0.2, -0.15) is 0 Å². The maximum Gasteiger partial charge on any atom is 0.302 e. The van der Waals surface area contributed by atoms with E-state index in [4.69, 9.17) is 23.0 Å². The number of ketones is 1. The molecular formula is C23H66O8P30. The van der Waals surface area contributed by atoms with Gasteiger partial charge in [-0.15, -0.1) is 134 Å². The van der Waals surface area contributed by atoms with Crippen molar-refractivity contribution in [3.05, 3.63) is 11.6 Å². The van der Waals surface area contributed by atoms with Crippen molar-refractivity contribution >= 4 is 255 Å². The monoisotopic (exact) mass is 1400 g/mol. The topological polar surface area (TPSA) is 101 Å². The Morgan fingerprint density at radius 2 is 1.34 bits per heavy atom. The molecule has 1 saturated carbocycles. The maximum absolute atomic E-state index is 15.9. The number of aliphatic hydroxyl groups is 1. The average molecular weight is 1400 g/mol. The van der Waals surface area contributed by atoms with Gasteiger partial charge in [0.05, 0.1) is 52.9 Å². The highest BCUT2D eigenvalue weighted by atomic mass is 33.2. The second-order valence-electron chi connectivity index (χ2n) is 15.1. The Balaban J connectivity index is 2.34. The van der Waals surface area contributed by atoms with Crippen molar-refractivity contribution < 1.29 is 37.7 Å². The van der Waals surface area contributed by atoms with Gasteiger partial charge in [0.25, 0.3) is 0 Å². The van der Waals surface area contributed by atoms with Gasteiger partial charge in [-0.1, -0.05) is 36.8 Å². The van der Waals surface area contributed by atoms with Crippen molar-refractivity contribution in [3.63, 3.8) is 0 Å². The number of ether oxygens (including phenoxy) is 2. The summed E-state index contributed by atoms with van der Waals surface area (Å²) in [6.45, 7) is 6.80. The molecule has 2 aliphatic carbocycles. The van der Waals surface area contributed by atoms with Crippen LogP contribution in [-0.4, -0.2) is 59.6 Å². The molecule has 1 aliphatic heterocycles. The Morgan fingerprint density at radius 3 is 1.75 bits per heavy atom. The van der Waals surface area contributed by atoms with Crippen LogP contribution in [0.3, 0.4) is 0 Å². The summed E-state index contributed by atoms with van der Waals surface area (Å²) in [4.78, 5) is 29.5. The van der Waals surface area contributed by atoms with Gasteiger partial charge in [0.15, 0.2) is 5.78 Å². The van der Waals surface area contributed by atoms with Gasteiger partial charge < -0.3 is 28.2 Å². The quantitative estimate of drug-likeness (QED) is 0.0650. The summed E-state index contributed by atoms with van der Waals surface area (Å²) in [5.74, 6) is -1.74. The Bertz CT molecular complexity index is 1480. The molecule has 0 aromatic rings. The molecule has 1 N–H and O–H groups in total. The molecule has 3 aliphatic rings. The number of rotatable bonds is 22. The van der Waals surface area contributed by atoms with Crippen molar-refractivity contribution in [1.29, 1.82) is 0 Å². The van der Waals surface area contributed by atoms with Crippen LogP contribution < -0.4 is 0 Å². The summed E-state index contributed by atoms with van der Waals surface area (Å²) in [7, 11) is 46.2. The first kappa shape index (κ1) is 66.9. The second kappa shape index (κ2) is 30.2. The number of allylic oxidation sites excluding steroid dienone is 1.